The molecule has 0 unspecified atom stereocenters. The zero-order chi connectivity index (χ0) is 14.8. The first-order chi connectivity index (χ1) is 9.44. The Morgan fingerprint density at radius 3 is 2.55 bits per heavy atom. The van der Waals surface area contributed by atoms with Crippen LogP contribution in [0.5, 0.6) is 0 Å². The molecule has 2 rings (SSSR count). The van der Waals surface area contributed by atoms with Crippen LogP contribution in [0.1, 0.15) is 43.0 Å². The van der Waals surface area contributed by atoms with E-state index in [1.807, 2.05) is 0 Å². The number of hydrogen-bond donors (Lipinski definition) is 3. The molecule has 0 radical (unpaired) electrons. The highest BCUT2D eigenvalue weighted by molar-refractivity contribution is 9.10. The van der Waals surface area contributed by atoms with Gasteiger partial charge in [0, 0.05) is 15.7 Å². The number of carbonyl (C=O) groups excluding carboxylic acids is 1. The van der Waals surface area contributed by atoms with Crippen molar-refractivity contribution in [1.82, 2.24) is 5.32 Å². The first-order valence-electron chi connectivity index (χ1n) is 6.57. The van der Waals surface area contributed by atoms with Gasteiger partial charge in [0.25, 0.3) is 0 Å². The van der Waals surface area contributed by atoms with Crippen molar-refractivity contribution >= 4 is 33.6 Å². The van der Waals surface area contributed by atoms with E-state index in [2.05, 4.69) is 33.5 Å². The van der Waals surface area contributed by atoms with E-state index in [0.29, 0.717) is 10.2 Å². The number of anilines is 1. The average molecular weight is 341 g/mol. The van der Waals surface area contributed by atoms with Crippen molar-refractivity contribution in [2.75, 3.05) is 5.32 Å². The first kappa shape index (κ1) is 14.8. The fraction of sp³-hybridized carbons (Fsp3) is 0.429. The first-order valence-corrected chi connectivity index (χ1v) is 7.36. The SMILES string of the molecule is CCC1(NC(=O)Nc2cc(Br)cc(C(=O)O)c2)CCC1. The molecule has 0 atom stereocenters. The smallest absolute Gasteiger partial charge is 0.335 e. The number of carboxylic acid groups (broad SMARTS) is 1. The number of amides is 2. The third-order valence-corrected chi connectivity index (χ3v) is 4.23. The van der Waals surface area contributed by atoms with E-state index in [9.17, 15) is 9.59 Å². The fourth-order valence-electron chi connectivity index (χ4n) is 2.36. The molecule has 0 bridgehead atoms. The van der Waals surface area contributed by atoms with E-state index in [0.717, 1.165) is 25.7 Å². The Labute approximate surface area is 125 Å². The molecule has 5 nitrogen and oxygen atoms in total. The second-order valence-corrected chi connectivity index (χ2v) is 6.02. The minimum atomic E-state index is -1.03. The number of hydrogen-bond acceptors (Lipinski definition) is 2. The molecule has 2 amide bonds. The van der Waals surface area contributed by atoms with Crippen molar-refractivity contribution in [2.24, 2.45) is 0 Å². The Kier molecular flexibility index (Phi) is 4.32. The normalized spacial score (nSPS) is 16.1. The van der Waals surface area contributed by atoms with E-state index >= 15 is 0 Å². The van der Waals surface area contributed by atoms with Gasteiger partial charge < -0.3 is 15.7 Å². The molecule has 0 aliphatic heterocycles. The Bertz CT molecular complexity index is 536. The van der Waals surface area contributed by atoms with Crippen LogP contribution in [0.4, 0.5) is 10.5 Å². The highest BCUT2D eigenvalue weighted by atomic mass is 79.9. The molecular formula is C14H17BrN2O3. The molecule has 1 aromatic rings. The summed E-state index contributed by atoms with van der Waals surface area (Å²) in [5.74, 6) is -1.03. The Balaban J connectivity index is 2.06. The number of halogens is 1. The quantitative estimate of drug-likeness (QED) is 0.783. The van der Waals surface area contributed by atoms with Gasteiger partial charge in [0.15, 0.2) is 0 Å². The van der Waals surface area contributed by atoms with Crippen LogP contribution < -0.4 is 10.6 Å². The third kappa shape index (κ3) is 3.30. The average Bonchev–Trinajstić information content (AvgIpc) is 2.33. The predicted molar refractivity (Wildman–Crippen MR) is 80.1 cm³/mol. The predicted octanol–water partition coefficient (Wildman–Crippen LogP) is 3.60. The fourth-order valence-corrected chi connectivity index (χ4v) is 2.85. The van der Waals surface area contributed by atoms with Crippen LogP contribution in [0, 0.1) is 0 Å². The summed E-state index contributed by atoms with van der Waals surface area (Å²) in [4.78, 5) is 23.0. The van der Waals surface area contributed by atoms with E-state index in [1.165, 1.54) is 12.1 Å². The largest absolute Gasteiger partial charge is 0.478 e. The number of nitrogens with one attached hydrogen (secondary N) is 2. The van der Waals surface area contributed by atoms with Gasteiger partial charge in [-0.15, -0.1) is 0 Å². The molecule has 1 aliphatic rings. The summed E-state index contributed by atoms with van der Waals surface area (Å²) in [6, 6.07) is 4.31. The van der Waals surface area contributed by atoms with Crippen LogP contribution >= 0.6 is 15.9 Å². The maximum atomic E-state index is 12.0. The molecule has 0 saturated heterocycles. The van der Waals surface area contributed by atoms with Crippen LogP contribution in [0.3, 0.4) is 0 Å². The number of carboxylic acids is 1. The molecular weight excluding hydrogens is 324 g/mol. The molecule has 3 N–H and O–H groups in total. The molecule has 1 saturated carbocycles. The van der Waals surface area contributed by atoms with E-state index in [1.54, 1.807) is 6.07 Å². The van der Waals surface area contributed by atoms with Gasteiger partial charge in [0.05, 0.1) is 5.56 Å². The van der Waals surface area contributed by atoms with E-state index in [-0.39, 0.29) is 17.1 Å². The third-order valence-electron chi connectivity index (χ3n) is 3.77. The Morgan fingerprint density at radius 1 is 1.35 bits per heavy atom. The highest BCUT2D eigenvalue weighted by Gasteiger charge is 2.36. The minimum Gasteiger partial charge on any atom is -0.478 e. The van der Waals surface area contributed by atoms with Crippen LogP contribution in [-0.2, 0) is 0 Å². The lowest BCUT2D eigenvalue weighted by atomic mass is 9.75. The maximum absolute atomic E-state index is 12.0. The molecule has 1 aliphatic carbocycles. The summed E-state index contributed by atoms with van der Waals surface area (Å²) < 4.78 is 0.613. The van der Waals surface area contributed by atoms with Gasteiger partial charge in [-0.1, -0.05) is 22.9 Å². The standard InChI is InChI=1S/C14H17BrN2O3/c1-2-14(4-3-5-14)17-13(20)16-11-7-9(12(18)19)6-10(15)8-11/h6-8H,2-5H2,1H3,(H,18,19)(H2,16,17,20). The Hall–Kier alpha value is -1.56. The zero-order valence-electron chi connectivity index (χ0n) is 11.2. The zero-order valence-corrected chi connectivity index (χ0v) is 12.8. The van der Waals surface area contributed by atoms with Gasteiger partial charge in [-0.25, -0.2) is 9.59 Å². The summed E-state index contributed by atoms with van der Waals surface area (Å²) >= 11 is 3.24. The summed E-state index contributed by atoms with van der Waals surface area (Å²) in [5, 5.41) is 14.7. The minimum absolute atomic E-state index is 0.0915. The maximum Gasteiger partial charge on any atom is 0.335 e. The number of urea groups is 1. The van der Waals surface area contributed by atoms with Crippen molar-refractivity contribution in [3.63, 3.8) is 0 Å². The molecule has 1 fully saturated rings. The summed E-state index contributed by atoms with van der Waals surface area (Å²) in [7, 11) is 0. The van der Waals surface area contributed by atoms with Crippen LogP contribution in [0.15, 0.2) is 22.7 Å². The molecule has 1 aromatic carbocycles. The number of aromatic carboxylic acids is 1. The molecule has 20 heavy (non-hydrogen) atoms. The van der Waals surface area contributed by atoms with E-state index in [4.69, 9.17) is 5.11 Å². The summed E-state index contributed by atoms with van der Waals surface area (Å²) in [5.41, 5.74) is 0.495. The van der Waals surface area contributed by atoms with Crippen LogP contribution in [-0.4, -0.2) is 22.6 Å². The molecule has 6 heteroatoms. The van der Waals surface area contributed by atoms with Gasteiger partial charge in [0.2, 0.25) is 0 Å². The molecule has 0 heterocycles. The lowest BCUT2D eigenvalue weighted by molar-refractivity contribution is 0.0696. The van der Waals surface area contributed by atoms with Crippen molar-refractivity contribution in [2.45, 2.75) is 38.1 Å². The summed E-state index contributed by atoms with van der Waals surface area (Å²) in [6.07, 6.45) is 4.03. The van der Waals surface area contributed by atoms with Crippen molar-refractivity contribution < 1.29 is 14.7 Å². The monoisotopic (exact) mass is 340 g/mol. The van der Waals surface area contributed by atoms with Gasteiger partial charge in [-0.05, 0) is 43.9 Å². The second kappa shape index (κ2) is 5.83. The van der Waals surface area contributed by atoms with Gasteiger partial charge in [-0.3, -0.25) is 0 Å². The van der Waals surface area contributed by atoms with Crippen molar-refractivity contribution in [3.05, 3.63) is 28.2 Å². The van der Waals surface area contributed by atoms with Crippen molar-refractivity contribution in [1.29, 1.82) is 0 Å². The highest BCUT2D eigenvalue weighted by Crippen LogP contribution is 2.34. The summed E-state index contributed by atoms with van der Waals surface area (Å²) in [6.45, 7) is 2.06. The molecule has 0 spiro atoms. The topological polar surface area (TPSA) is 78.4 Å². The second-order valence-electron chi connectivity index (χ2n) is 5.10. The van der Waals surface area contributed by atoms with Crippen LogP contribution in [0.2, 0.25) is 0 Å². The molecule has 108 valence electrons. The number of rotatable bonds is 4. The van der Waals surface area contributed by atoms with Gasteiger partial charge >= 0.3 is 12.0 Å². The van der Waals surface area contributed by atoms with Gasteiger partial charge in [-0.2, -0.15) is 0 Å². The number of carbonyl (C=O) groups is 2. The lowest BCUT2D eigenvalue weighted by Gasteiger charge is -2.41. The van der Waals surface area contributed by atoms with Crippen molar-refractivity contribution in [3.8, 4) is 0 Å². The lowest BCUT2D eigenvalue weighted by Crippen LogP contribution is -2.54. The Morgan fingerprint density at radius 2 is 2.05 bits per heavy atom. The van der Waals surface area contributed by atoms with Crippen LogP contribution in [0.25, 0.3) is 0 Å². The number of benzene rings is 1. The molecule has 0 aromatic heterocycles. The van der Waals surface area contributed by atoms with Gasteiger partial charge in [0.1, 0.15) is 0 Å². The van der Waals surface area contributed by atoms with E-state index < -0.39 is 5.97 Å².